The van der Waals surface area contributed by atoms with Crippen molar-refractivity contribution in [1.29, 1.82) is 0 Å². The molecule has 0 saturated heterocycles. The second kappa shape index (κ2) is 9.74. The van der Waals surface area contributed by atoms with Crippen molar-refractivity contribution in [2.24, 2.45) is 5.92 Å². The fraction of sp³-hybridized carbons (Fsp3) is 0.393. The van der Waals surface area contributed by atoms with Crippen LogP contribution in [0.3, 0.4) is 0 Å². The minimum absolute atomic E-state index is 0.157. The van der Waals surface area contributed by atoms with E-state index in [1.165, 1.54) is 37.7 Å². The van der Waals surface area contributed by atoms with E-state index in [-0.39, 0.29) is 12.0 Å². The molecule has 33 heavy (non-hydrogen) atoms. The maximum Gasteiger partial charge on any atom is 0.248 e. The van der Waals surface area contributed by atoms with E-state index in [4.69, 9.17) is 11.6 Å². The number of anilines is 1. The van der Waals surface area contributed by atoms with Crippen molar-refractivity contribution in [3.63, 3.8) is 0 Å². The van der Waals surface area contributed by atoms with Gasteiger partial charge in [-0.25, -0.2) is 0 Å². The number of fused-ring (bicyclic) bond motifs is 2. The summed E-state index contributed by atoms with van der Waals surface area (Å²) >= 11 is 6.25. The molecule has 1 aromatic heterocycles. The first kappa shape index (κ1) is 22.2. The van der Waals surface area contributed by atoms with Gasteiger partial charge in [0.1, 0.15) is 0 Å². The quantitative estimate of drug-likeness (QED) is 0.432. The molecule has 3 aromatic rings. The van der Waals surface area contributed by atoms with Crippen LogP contribution in [-0.2, 0) is 24.2 Å². The molecule has 1 fully saturated rings. The first-order chi connectivity index (χ1) is 16.1. The normalized spacial score (nSPS) is 19.2. The zero-order chi connectivity index (χ0) is 22.8. The highest BCUT2D eigenvalue weighted by Crippen LogP contribution is 2.31. The molecule has 0 radical (unpaired) electrons. The first-order valence-electron chi connectivity index (χ1n) is 12.1. The molecule has 2 aromatic carbocycles. The van der Waals surface area contributed by atoms with Gasteiger partial charge in [0, 0.05) is 46.3 Å². The maximum atomic E-state index is 12.8. The highest BCUT2D eigenvalue weighted by molar-refractivity contribution is 6.31. The largest absolute Gasteiger partial charge is 0.393 e. The Morgan fingerprint density at radius 2 is 1.97 bits per heavy atom. The number of hydrogen-bond donors (Lipinski definition) is 2. The smallest absolute Gasteiger partial charge is 0.248 e. The number of nitrogens with zero attached hydrogens (tertiary/aromatic N) is 1. The number of amides is 1. The second-order valence-electron chi connectivity index (χ2n) is 9.55. The number of aryl methyl sites for hydroxylation is 1. The lowest BCUT2D eigenvalue weighted by Gasteiger charge is -2.23. The van der Waals surface area contributed by atoms with Gasteiger partial charge in [0.25, 0.3) is 0 Å². The van der Waals surface area contributed by atoms with E-state index in [1.807, 2.05) is 30.3 Å². The van der Waals surface area contributed by atoms with Gasteiger partial charge in [0.2, 0.25) is 5.91 Å². The number of rotatable bonds is 5. The lowest BCUT2D eigenvalue weighted by atomic mass is 9.88. The van der Waals surface area contributed by atoms with E-state index in [0.717, 1.165) is 52.3 Å². The Morgan fingerprint density at radius 3 is 2.82 bits per heavy atom. The summed E-state index contributed by atoms with van der Waals surface area (Å²) in [6.45, 7) is 0.969. The van der Waals surface area contributed by atoms with E-state index in [9.17, 15) is 9.90 Å². The molecule has 2 aliphatic rings. The molecule has 2 N–H and O–H groups in total. The zero-order valence-corrected chi connectivity index (χ0v) is 19.7. The Labute approximate surface area is 200 Å². The molecular formula is C28H31ClN2O2. The molecule has 4 nitrogen and oxygen atoms in total. The van der Waals surface area contributed by atoms with Crippen molar-refractivity contribution in [2.45, 2.75) is 64.0 Å². The van der Waals surface area contributed by atoms with Crippen LogP contribution < -0.4 is 5.32 Å². The Morgan fingerprint density at radius 1 is 1.12 bits per heavy atom. The lowest BCUT2D eigenvalue weighted by molar-refractivity contribution is -0.111. The van der Waals surface area contributed by atoms with Gasteiger partial charge in [0.15, 0.2) is 0 Å². The maximum absolute atomic E-state index is 12.8. The number of halogens is 1. The van der Waals surface area contributed by atoms with Gasteiger partial charge in [-0.05, 0) is 79.1 Å². The Hall–Kier alpha value is -2.56. The summed E-state index contributed by atoms with van der Waals surface area (Å²) in [6.07, 6.45) is 11.9. The van der Waals surface area contributed by atoms with E-state index < -0.39 is 0 Å². The van der Waals surface area contributed by atoms with Crippen LogP contribution in [0, 0.1) is 5.92 Å². The van der Waals surface area contributed by atoms with Crippen LogP contribution in [0.5, 0.6) is 0 Å². The fourth-order valence-corrected chi connectivity index (χ4v) is 5.64. The monoisotopic (exact) mass is 462 g/mol. The molecule has 5 heteroatoms. The number of aromatic nitrogens is 1. The molecule has 2 aliphatic carbocycles. The lowest BCUT2D eigenvalue weighted by Crippen LogP contribution is -2.21. The summed E-state index contributed by atoms with van der Waals surface area (Å²) in [5, 5.41) is 14.9. The van der Waals surface area contributed by atoms with Crippen LogP contribution in [0.15, 0.2) is 48.5 Å². The van der Waals surface area contributed by atoms with Gasteiger partial charge in [-0.2, -0.15) is 0 Å². The van der Waals surface area contributed by atoms with Crippen LogP contribution in [0.1, 0.15) is 55.3 Å². The highest BCUT2D eigenvalue weighted by atomic mass is 35.5. The van der Waals surface area contributed by atoms with Gasteiger partial charge in [-0.1, -0.05) is 43.0 Å². The van der Waals surface area contributed by atoms with Gasteiger partial charge in [-0.3, -0.25) is 4.79 Å². The van der Waals surface area contributed by atoms with Crippen LogP contribution >= 0.6 is 11.6 Å². The van der Waals surface area contributed by atoms with E-state index >= 15 is 0 Å². The van der Waals surface area contributed by atoms with Crippen molar-refractivity contribution in [3.8, 4) is 0 Å². The summed E-state index contributed by atoms with van der Waals surface area (Å²) in [5.41, 5.74) is 5.26. The van der Waals surface area contributed by atoms with Crippen molar-refractivity contribution in [2.75, 3.05) is 5.32 Å². The fourth-order valence-electron chi connectivity index (χ4n) is 5.46. The minimum Gasteiger partial charge on any atom is -0.393 e. The number of carbonyl (C=O) groups is 1. The third-order valence-corrected chi connectivity index (χ3v) is 7.42. The van der Waals surface area contributed by atoms with Gasteiger partial charge >= 0.3 is 0 Å². The number of hydrogen-bond acceptors (Lipinski definition) is 2. The second-order valence-corrected chi connectivity index (χ2v) is 9.99. The molecule has 1 amide bonds. The Balaban J connectivity index is 1.39. The highest BCUT2D eigenvalue weighted by Gasteiger charge is 2.20. The molecule has 0 unspecified atom stereocenters. The average Bonchev–Trinajstić information content (AvgIpc) is 3.15. The van der Waals surface area contributed by atoms with Crippen LogP contribution in [0.2, 0.25) is 5.02 Å². The molecule has 1 atom stereocenters. The summed E-state index contributed by atoms with van der Waals surface area (Å²) in [6, 6.07) is 14.1. The predicted octanol–water partition coefficient (Wildman–Crippen LogP) is 6.38. The summed E-state index contributed by atoms with van der Waals surface area (Å²) in [4.78, 5) is 12.8. The van der Waals surface area contributed by atoms with Crippen molar-refractivity contribution >= 4 is 40.2 Å². The molecule has 1 heterocycles. The van der Waals surface area contributed by atoms with Crippen LogP contribution in [-0.4, -0.2) is 21.7 Å². The van der Waals surface area contributed by atoms with E-state index in [1.54, 1.807) is 6.08 Å². The molecule has 5 rings (SSSR count). The van der Waals surface area contributed by atoms with Crippen molar-refractivity contribution < 1.29 is 9.90 Å². The van der Waals surface area contributed by atoms with Crippen LogP contribution in [0.25, 0.3) is 17.0 Å². The SMILES string of the molecule is O=C(/C=C/c1cc2cc(Cl)ccc2n1CC1CCCCC1)Nc1cccc2c1C[C@H](O)CC2. The van der Waals surface area contributed by atoms with Gasteiger partial charge in [0.05, 0.1) is 6.10 Å². The van der Waals surface area contributed by atoms with Crippen molar-refractivity contribution in [3.05, 3.63) is 70.4 Å². The number of nitrogens with one attached hydrogen (secondary N) is 1. The summed E-state index contributed by atoms with van der Waals surface area (Å²) in [5.74, 6) is 0.518. The third-order valence-electron chi connectivity index (χ3n) is 7.18. The topological polar surface area (TPSA) is 54.3 Å². The number of benzene rings is 2. The third kappa shape index (κ3) is 5.02. The van der Waals surface area contributed by atoms with Gasteiger partial charge < -0.3 is 15.0 Å². The number of aliphatic hydroxyl groups excluding tert-OH is 1. The number of carbonyl (C=O) groups excluding carboxylic acids is 1. The summed E-state index contributed by atoms with van der Waals surface area (Å²) < 4.78 is 2.34. The average molecular weight is 463 g/mol. The van der Waals surface area contributed by atoms with Crippen molar-refractivity contribution in [1.82, 2.24) is 4.57 Å². The van der Waals surface area contributed by atoms with E-state index in [2.05, 4.69) is 28.1 Å². The molecule has 0 aliphatic heterocycles. The Bertz CT molecular complexity index is 1190. The first-order valence-corrected chi connectivity index (χ1v) is 12.5. The van der Waals surface area contributed by atoms with Gasteiger partial charge in [-0.15, -0.1) is 0 Å². The predicted molar refractivity (Wildman–Crippen MR) is 136 cm³/mol. The number of aliphatic hydroxyl groups is 1. The summed E-state index contributed by atoms with van der Waals surface area (Å²) in [7, 11) is 0. The Kier molecular flexibility index (Phi) is 6.57. The minimum atomic E-state index is -0.339. The molecular weight excluding hydrogens is 432 g/mol. The van der Waals surface area contributed by atoms with E-state index in [0.29, 0.717) is 12.3 Å². The standard InChI is InChI=1S/C28H31ClN2O2/c29-22-10-13-27-21(15-22)16-23(31(27)18-19-5-2-1-3-6-19)11-14-28(33)30-26-8-4-7-20-9-12-24(32)17-25(20)26/h4,7-8,10-11,13-16,19,24,32H,1-3,5-6,9,12,17-18H2,(H,30,33)/b14-11+/t24-/m1/s1. The zero-order valence-electron chi connectivity index (χ0n) is 18.9. The molecule has 172 valence electrons. The molecule has 0 spiro atoms. The van der Waals surface area contributed by atoms with Crippen LogP contribution in [0.4, 0.5) is 5.69 Å². The molecule has 1 saturated carbocycles. The molecule has 0 bridgehead atoms.